The highest BCUT2D eigenvalue weighted by molar-refractivity contribution is 8.00. The van der Waals surface area contributed by atoms with Gasteiger partial charge in [-0.1, -0.05) is 11.8 Å². The number of hydrogen-bond donors (Lipinski definition) is 2. The zero-order valence-corrected chi connectivity index (χ0v) is 20.6. The fourth-order valence-corrected chi connectivity index (χ4v) is 5.78. The molecule has 182 valence electrons. The molecule has 0 spiro atoms. The molecule has 2 N–H and O–H groups in total. The molecule has 2 aliphatic rings. The first-order valence-electron chi connectivity index (χ1n) is 11.3. The van der Waals surface area contributed by atoms with Crippen LogP contribution in [-0.4, -0.2) is 70.0 Å². The predicted molar refractivity (Wildman–Crippen MR) is 133 cm³/mol. The number of carbonyl (C=O) groups is 2. The van der Waals surface area contributed by atoms with E-state index in [0.29, 0.717) is 18.7 Å². The van der Waals surface area contributed by atoms with Crippen molar-refractivity contribution in [2.24, 2.45) is 0 Å². The lowest BCUT2D eigenvalue weighted by atomic mass is 10.1. The minimum Gasteiger partial charge on any atom is -0.355 e. The molecule has 0 radical (unpaired) electrons. The Morgan fingerprint density at radius 3 is 2.79 bits per heavy atom. The number of hydrogen-bond acceptors (Lipinski definition) is 9. The van der Waals surface area contributed by atoms with Crippen molar-refractivity contribution >= 4 is 50.8 Å². The maximum absolute atomic E-state index is 13.2. The van der Waals surface area contributed by atoms with Crippen molar-refractivity contribution in [2.45, 2.75) is 42.5 Å². The van der Waals surface area contributed by atoms with E-state index in [9.17, 15) is 19.7 Å². The number of nitro groups is 1. The van der Waals surface area contributed by atoms with Crippen molar-refractivity contribution in [1.82, 2.24) is 20.1 Å². The highest BCUT2D eigenvalue weighted by Gasteiger charge is 2.31. The van der Waals surface area contributed by atoms with Crippen LogP contribution in [0, 0.1) is 10.1 Å². The molecule has 1 aromatic heterocycles. The van der Waals surface area contributed by atoms with Crippen molar-refractivity contribution in [3.8, 4) is 0 Å². The number of thioether (sulfide) groups is 1. The zero-order valence-electron chi connectivity index (χ0n) is 19.0. The molecule has 0 saturated carbocycles. The summed E-state index contributed by atoms with van der Waals surface area (Å²) in [5, 5.41) is 17.4. The molecule has 2 saturated heterocycles. The average molecular weight is 505 g/mol. The number of thiazole rings is 1. The minimum absolute atomic E-state index is 0.0341. The zero-order chi connectivity index (χ0) is 24.1. The Morgan fingerprint density at radius 1 is 1.29 bits per heavy atom. The summed E-state index contributed by atoms with van der Waals surface area (Å²) in [5.41, 5.74) is 1.52. The Morgan fingerprint density at radius 2 is 2.06 bits per heavy atom. The van der Waals surface area contributed by atoms with Crippen LogP contribution in [0.4, 0.5) is 5.69 Å². The first-order valence-corrected chi connectivity index (χ1v) is 13.4. The fourth-order valence-electron chi connectivity index (χ4n) is 4.25. The second-order valence-electron chi connectivity index (χ2n) is 8.36. The fraction of sp³-hybridized carbons (Fsp3) is 0.500. The van der Waals surface area contributed by atoms with Gasteiger partial charge in [0.05, 0.1) is 21.7 Å². The van der Waals surface area contributed by atoms with E-state index in [4.69, 9.17) is 0 Å². The molecule has 0 unspecified atom stereocenters. The molecule has 3 heterocycles. The van der Waals surface area contributed by atoms with E-state index in [0.717, 1.165) is 59.5 Å². The lowest BCUT2D eigenvalue weighted by Gasteiger charge is -2.27. The summed E-state index contributed by atoms with van der Waals surface area (Å²) in [6.07, 6.45) is 6.90. The molecule has 2 aliphatic heterocycles. The third-order valence-corrected chi connectivity index (χ3v) is 7.96. The van der Waals surface area contributed by atoms with Crippen molar-refractivity contribution in [2.75, 3.05) is 37.8 Å². The number of likely N-dealkylation sites (tertiary alicyclic amines) is 2. The van der Waals surface area contributed by atoms with E-state index in [1.165, 1.54) is 0 Å². The van der Waals surface area contributed by atoms with Crippen LogP contribution in [-0.2, 0) is 9.59 Å². The molecule has 4 rings (SSSR count). The first kappa shape index (κ1) is 24.3. The monoisotopic (exact) mass is 504 g/mol. The van der Waals surface area contributed by atoms with E-state index < -0.39 is 11.0 Å². The van der Waals surface area contributed by atoms with Crippen molar-refractivity contribution < 1.29 is 14.5 Å². The lowest BCUT2D eigenvalue weighted by Crippen LogP contribution is -2.49. The van der Waals surface area contributed by atoms with Crippen molar-refractivity contribution in [1.29, 1.82) is 0 Å². The minimum atomic E-state index is -0.650. The summed E-state index contributed by atoms with van der Waals surface area (Å²) in [6, 6.07) is 4.90. The van der Waals surface area contributed by atoms with Crippen LogP contribution in [0.2, 0.25) is 0 Å². The highest BCUT2D eigenvalue weighted by Crippen LogP contribution is 2.30. The third kappa shape index (κ3) is 5.98. The van der Waals surface area contributed by atoms with Crippen molar-refractivity contribution in [3.05, 3.63) is 40.3 Å². The Balaban J connectivity index is 1.47. The smallest absolute Gasteiger partial charge is 0.274 e. The van der Waals surface area contributed by atoms with Gasteiger partial charge < -0.3 is 20.4 Å². The van der Waals surface area contributed by atoms with E-state index in [1.54, 1.807) is 39.0 Å². The second kappa shape index (κ2) is 11.0. The van der Waals surface area contributed by atoms with Gasteiger partial charge in [-0.05, 0) is 56.6 Å². The number of anilines is 1. The number of nitrogens with one attached hydrogen (secondary N) is 2. The molecular formula is C22H28N6O4S2. The Labute approximate surface area is 205 Å². The van der Waals surface area contributed by atoms with Crippen LogP contribution in [0.1, 0.15) is 32.1 Å². The summed E-state index contributed by atoms with van der Waals surface area (Å²) in [6.45, 7) is 2.05. The van der Waals surface area contributed by atoms with Crippen LogP contribution in [0.5, 0.6) is 0 Å². The van der Waals surface area contributed by atoms with Crippen LogP contribution in [0.15, 0.2) is 34.6 Å². The van der Waals surface area contributed by atoms with Gasteiger partial charge in [0.2, 0.25) is 11.8 Å². The lowest BCUT2D eigenvalue weighted by molar-refractivity contribution is -0.403. The van der Waals surface area contributed by atoms with Crippen LogP contribution in [0.25, 0.3) is 10.2 Å². The molecule has 0 bridgehead atoms. The molecular weight excluding hydrogens is 476 g/mol. The van der Waals surface area contributed by atoms with Gasteiger partial charge in [0.1, 0.15) is 6.04 Å². The maximum atomic E-state index is 13.2. The van der Waals surface area contributed by atoms with E-state index in [2.05, 4.69) is 15.6 Å². The largest absolute Gasteiger partial charge is 0.355 e. The van der Waals surface area contributed by atoms with Crippen LogP contribution in [0.3, 0.4) is 0 Å². The molecule has 1 atom stereocenters. The Bertz CT molecular complexity index is 1100. The standard InChI is InChI=1S/C22H28N6O4S2/c1-33-22-25-16-8-7-15(12-18(16)34-22)23-19(13-28(31)32)24-17-6-2-3-11-27(21(17)30)14-20(29)26-9-4-5-10-26/h7-8,12-13,17,23-24H,2-6,9-11,14H2,1H3/b19-13-/t17-/m0/s1. The summed E-state index contributed by atoms with van der Waals surface area (Å²) in [5.74, 6) is -0.109. The quantitative estimate of drug-likeness (QED) is 0.320. The number of amides is 2. The van der Waals surface area contributed by atoms with Gasteiger partial charge in [0.25, 0.3) is 6.20 Å². The summed E-state index contributed by atoms with van der Waals surface area (Å²) < 4.78 is 1.91. The molecule has 2 aromatic rings. The van der Waals surface area contributed by atoms with E-state index >= 15 is 0 Å². The van der Waals surface area contributed by atoms with Crippen LogP contribution < -0.4 is 10.6 Å². The summed E-state index contributed by atoms with van der Waals surface area (Å²) >= 11 is 3.11. The average Bonchev–Trinajstić information content (AvgIpc) is 3.45. The van der Waals surface area contributed by atoms with E-state index in [1.807, 2.05) is 18.4 Å². The molecule has 2 fully saturated rings. The SMILES string of the molecule is CSc1nc2ccc(N/C(=C/[N+](=O)[O-])N[C@H]3CCCCN(CC(=O)N4CCCC4)C3=O)cc2s1. The molecule has 0 aliphatic carbocycles. The predicted octanol–water partition coefficient (Wildman–Crippen LogP) is 3.10. The second-order valence-corrected chi connectivity index (χ2v) is 10.4. The van der Waals surface area contributed by atoms with Gasteiger partial charge in [-0.2, -0.15) is 0 Å². The number of benzene rings is 1. The van der Waals surface area contributed by atoms with Gasteiger partial charge in [-0.3, -0.25) is 19.7 Å². The number of rotatable bonds is 8. The molecule has 2 amide bonds. The number of fused-ring (bicyclic) bond motifs is 1. The van der Waals surface area contributed by atoms with Gasteiger partial charge in [-0.25, -0.2) is 4.98 Å². The van der Waals surface area contributed by atoms with Crippen LogP contribution >= 0.6 is 23.1 Å². The number of aromatic nitrogens is 1. The summed E-state index contributed by atoms with van der Waals surface area (Å²) in [7, 11) is 0. The number of carbonyl (C=O) groups excluding carboxylic acids is 2. The maximum Gasteiger partial charge on any atom is 0.274 e. The van der Waals surface area contributed by atoms with Gasteiger partial charge in [0.15, 0.2) is 10.2 Å². The van der Waals surface area contributed by atoms with Gasteiger partial charge in [0, 0.05) is 25.3 Å². The summed E-state index contributed by atoms with van der Waals surface area (Å²) in [4.78, 5) is 44.5. The Hall–Kier alpha value is -2.86. The van der Waals surface area contributed by atoms with Crippen molar-refractivity contribution in [3.63, 3.8) is 0 Å². The first-order chi connectivity index (χ1) is 16.4. The number of nitrogens with zero attached hydrogens (tertiary/aromatic N) is 4. The van der Waals surface area contributed by atoms with E-state index in [-0.39, 0.29) is 24.2 Å². The normalized spacial score (nSPS) is 19.4. The van der Waals surface area contributed by atoms with Gasteiger partial charge >= 0.3 is 0 Å². The third-order valence-electron chi connectivity index (χ3n) is 5.95. The topological polar surface area (TPSA) is 121 Å². The molecule has 10 nitrogen and oxygen atoms in total. The molecule has 1 aromatic carbocycles. The van der Waals surface area contributed by atoms with Gasteiger partial charge in [-0.15, -0.1) is 11.3 Å². The highest BCUT2D eigenvalue weighted by atomic mass is 32.2. The molecule has 12 heteroatoms. The Kier molecular flexibility index (Phi) is 7.88. The molecule has 34 heavy (non-hydrogen) atoms.